The van der Waals surface area contributed by atoms with Gasteiger partial charge in [0.15, 0.2) is 17.3 Å². The molecule has 0 radical (unpaired) electrons. The summed E-state index contributed by atoms with van der Waals surface area (Å²) in [4.78, 5) is 38.0. The van der Waals surface area contributed by atoms with Gasteiger partial charge in [0.2, 0.25) is 0 Å². The first-order chi connectivity index (χ1) is 11.2. The van der Waals surface area contributed by atoms with E-state index in [0.29, 0.717) is 23.1 Å². The smallest absolute Gasteiger partial charge is 0.167 e. The molecular formula is C20H16O3. The normalized spacial score (nSPS) is 23.4. The zero-order chi connectivity index (χ0) is 16.0. The van der Waals surface area contributed by atoms with E-state index in [-0.39, 0.29) is 29.7 Å². The van der Waals surface area contributed by atoms with Gasteiger partial charge in [-0.15, -0.1) is 0 Å². The van der Waals surface area contributed by atoms with Crippen LogP contribution in [0.15, 0.2) is 48.5 Å². The molecule has 0 bridgehead atoms. The SMILES string of the molecule is O=C1CC(C2CCc3ccccc3C2=O)C(=O)c2ccccc21. The van der Waals surface area contributed by atoms with Gasteiger partial charge < -0.3 is 0 Å². The molecule has 0 fully saturated rings. The second kappa shape index (κ2) is 5.27. The van der Waals surface area contributed by atoms with E-state index in [1.54, 1.807) is 24.3 Å². The molecule has 2 aliphatic carbocycles. The predicted octanol–water partition coefficient (Wildman–Crippen LogP) is 3.52. The van der Waals surface area contributed by atoms with Crippen molar-refractivity contribution in [3.05, 3.63) is 70.8 Å². The largest absolute Gasteiger partial charge is 0.294 e. The summed E-state index contributed by atoms with van der Waals surface area (Å²) in [7, 11) is 0. The van der Waals surface area contributed by atoms with Crippen molar-refractivity contribution in [2.75, 3.05) is 0 Å². The number of hydrogen-bond acceptors (Lipinski definition) is 3. The monoisotopic (exact) mass is 304 g/mol. The molecule has 2 unspecified atom stereocenters. The van der Waals surface area contributed by atoms with E-state index in [1.807, 2.05) is 24.3 Å². The summed E-state index contributed by atoms with van der Waals surface area (Å²) in [5.74, 6) is -0.972. The van der Waals surface area contributed by atoms with E-state index in [1.165, 1.54) is 0 Å². The number of rotatable bonds is 1. The predicted molar refractivity (Wildman–Crippen MR) is 85.8 cm³/mol. The highest BCUT2D eigenvalue weighted by atomic mass is 16.1. The Kier molecular flexibility index (Phi) is 3.22. The van der Waals surface area contributed by atoms with Crippen LogP contribution in [0.4, 0.5) is 0 Å². The van der Waals surface area contributed by atoms with Crippen LogP contribution < -0.4 is 0 Å². The minimum atomic E-state index is -0.516. The lowest BCUT2D eigenvalue weighted by Gasteiger charge is -2.31. The van der Waals surface area contributed by atoms with E-state index in [2.05, 4.69) is 0 Å². The molecule has 0 saturated carbocycles. The highest BCUT2D eigenvalue weighted by molar-refractivity contribution is 6.16. The van der Waals surface area contributed by atoms with Crippen molar-refractivity contribution in [2.45, 2.75) is 19.3 Å². The van der Waals surface area contributed by atoms with Gasteiger partial charge >= 0.3 is 0 Å². The van der Waals surface area contributed by atoms with Gasteiger partial charge in [0.05, 0.1) is 0 Å². The molecule has 0 heterocycles. The third-order valence-corrected chi connectivity index (χ3v) is 5.06. The zero-order valence-electron chi connectivity index (χ0n) is 12.6. The Morgan fingerprint density at radius 2 is 1.30 bits per heavy atom. The lowest BCUT2D eigenvalue weighted by molar-refractivity contribution is 0.0692. The molecule has 4 rings (SSSR count). The first-order valence-corrected chi connectivity index (χ1v) is 7.95. The molecule has 23 heavy (non-hydrogen) atoms. The lowest BCUT2D eigenvalue weighted by atomic mass is 9.69. The minimum Gasteiger partial charge on any atom is -0.294 e. The van der Waals surface area contributed by atoms with Crippen LogP contribution in [0.25, 0.3) is 0 Å². The van der Waals surface area contributed by atoms with Crippen LogP contribution in [-0.2, 0) is 6.42 Å². The van der Waals surface area contributed by atoms with Crippen LogP contribution in [0.5, 0.6) is 0 Å². The minimum absolute atomic E-state index is 0.0115. The summed E-state index contributed by atoms with van der Waals surface area (Å²) in [5.41, 5.74) is 2.73. The highest BCUT2D eigenvalue weighted by Crippen LogP contribution is 2.37. The maximum atomic E-state index is 12.8. The van der Waals surface area contributed by atoms with Gasteiger partial charge in [-0.3, -0.25) is 14.4 Å². The van der Waals surface area contributed by atoms with Gasteiger partial charge in [-0.2, -0.15) is 0 Å². The highest BCUT2D eigenvalue weighted by Gasteiger charge is 2.42. The maximum absolute atomic E-state index is 12.8. The fourth-order valence-corrected chi connectivity index (χ4v) is 3.87. The Hall–Kier alpha value is -2.55. The molecule has 0 N–H and O–H groups in total. The number of Topliss-reactive ketones (excluding diaryl/α,β-unsaturated/α-hetero) is 3. The van der Waals surface area contributed by atoms with Gasteiger partial charge in [0.1, 0.15) is 0 Å². The van der Waals surface area contributed by atoms with Crippen molar-refractivity contribution < 1.29 is 14.4 Å². The molecule has 2 aliphatic rings. The Balaban J connectivity index is 1.72. The van der Waals surface area contributed by atoms with Crippen molar-refractivity contribution in [3.63, 3.8) is 0 Å². The Labute approximate surface area is 134 Å². The van der Waals surface area contributed by atoms with Crippen LogP contribution in [0.3, 0.4) is 0 Å². The molecule has 0 aromatic heterocycles. The Bertz CT molecular complexity index is 834. The van der Waals surface area contributed by atoms with Crippen LogP contribution in [0, 0.1) is 11.8 Å². The van der Waals surface area contributed by atoms with Crippen molar-refractivity contribution in [2.24, 2.45) is 11.8 Å². The molecular weight excluding hydrogens is 288 g/mol. The molecule has 114 valence electrons. The second-order valence-electron chi connectivity index (χ2n) is 6.31. The number of carbonyl (C=O) groups is 3. The van der Waals surface area contributed by atoms with Crippen molar-refractivity contribution in [3.8, 4) is 0 Å². The number of hydrogen-bond donors (Lipinski definition) is 0. The lowest BCUT2D eigenvalue weighted by Crippen LogP contribution is -2.38. The van der Waals surface area contributed by atoms with Gasteiger partial charge in [-0.05, 0) is 18.4 Å². The summed E-state index contributed by atoms with van der Waals surface area (Å²) in [6.45, 7) is 0. The zero-order valence-corrected chi connectivity index (χ0v) is 12.6. The second-order valence-corrected chi connectivity index (χ2v) is 6.31. The standard InChI is InChI=1S/C20H16O3/c21-18-11-17(20(23)15-8-4-3-7-14(15)18)16-10-9-12-5-1-2-6-13(12)19(16)22/h1-8,16-17H,9-11H2. The molecule has 0 saturated heterocycles. The maximum Gasteiger partial charge on any atom is 0.167 e. The van der Waals surface area contributed by atoms with Crippen LogP contribution in [-0.4, -0.2) is 17.3 Å². The molecule has 2 aromatic rings. The summed E-state index contributed by atoms with van der Waals surface area (Å²) in [6, 6.07) is 14.5. The van der Waals surface area contributed by atoms with Gasteiger partial charge in [-0.1, -0.05) is 48.5 Å². The quantitative estimate of drug-likeness (QED) is 0.810. The molecule has 0 aliphatic heterocycles. The van der Waals surface area contributed by atoms with Crippen LogP contribution in [0.1, 0.15) is 49.5 Å². The topological polar surface area (TPSA) is 51.2 Å². The molecule has 3 heteroatoms. The summed E-state index contributed by atoms with van der Waals surface area (Å²) in [6.07, 6.45) is 1.57. The van der Waals surface area contributed by atoms with Crippen molar-refractivity contribution >= 4 is 17.3 Å². The summed E-state index contributed by atoms with van der Waals surface area (Å²) in [5, 5.41) is 0. The van der Waals surface area contributed by atoms with Crippen LogP contribution >= 0.6 is 0 Å². The first-order valence-electron chi connectivity index (χ1n) is 7.95. The van der Waals surface area contributed by atoms with Crippen molar-refractivity contribution in [1.29, 1.82) is 0 Å². The third kappa shape index (κ3) is 2.15. The summed E-state index contributed by atoms with van der Waals surface area (Å²) >= 11 is 0. The van der Waals surface area contributed by atoms with Crippen molar-refractivity contribution in [1.82, 2.24) is 0 Å². The van der Waals surface area contributed by atoms with Gasteiger partial charge in [-0.25, -0.2) is 0 Å². The number of ketones is 3. The fourth-order valence-electron chi connectivity index (χ4n) is 3.87. The average Bonchev–Trinajstić information content (AvgIpc) is 2.59. The molecule has 2 aromatic carbocycles. The third-order valence-electron chi connectivity index (χ3n) is 5.06. The molecule has 0 spiro atoms. The van der Waals surface area contributed by atoms with E-state index < -0.39 is 5.92 Å². The molecule has 2 atom stereocenters. The first kappa shape index (κ1) is 14.1. The summed E-state index contributed by atoms with van der Waals surface area (Å²) < 4.78 is 0. The van der Waals surface area contributed by atoms with E-state index in [0.717, 1.165) is 12.0 Å². The number of benzene rings is 2. The number of carbonyl (C=O) groups excluding carboxylic acids is 3. The fraction of sp³-hybridized carbons (Fsp3) is 0.250. The van der Waals surface area contributed by atoms with E-state index in [4.69, 9.17) is 0 Å². The van der Waals surface area contributed by atoms with E-state index >= 15 is 0 Å². The van der Waals surface area contributed by atoms with Gasteiger partial charge in [0.25, 0.3) is 0 Å². The molecule has 0 amide bonds. The Morgan fingerprint density at radius 1 is 0.696 bits per heavy atom. The molecule has 3 nitrogen and oxygen atoms in total. The van der Waals surface area contributed by atoms with E-state index in [9.17, 15) is 14.4 Å². The number of fused-ring (bicyclic) bond motifs is 2. The average molecular weight is 304 g/mol. The number of aryl methyl sites for hydroxylation is 1. The Morgan fingerprint density at radius 3 is 2.09 bits per heavy atom. The van der Waals surface area contributed by atoms with Gasteiger partial charge in [0, 0.05) is 34.9 Å². The van der Waals surface area contributed by atoms with Crippen LogP contribution in [0.2, 0.25) is 0 Å².